The van der Waals surface area contributed by atoms with Crippen molar-refractivity contribution >= 4 is 27.3 Å². The van der Waals surface area contributed by atoms with E-state index in [-0.39, 0.29) is 10.7 Å². The fourth-order valence-corrected chi connectivity index (χ4v) is 1.97. The van der Waals surface area contributed by atoms with Crippen LogP contribution < -0.4 is 4.72 Å². The van der Waals surface area contributed by atoms with Gasteiger partial charge in [-0.15, -0.1) is 0 Å². The summed E-state index contributed by atoms with van der Waals surface area (Å²) in [5.41, 5.74) is -0.341. The maximum Gasteiger partial charge on any atom is 0.248 e. The van der Waals surface area contributed by atoms with Crippen LogP contribution in [-0.4, -0.2) is 13.7 Å². The van der Waals surface area contributed by atoms with E-state index >= 15 is 0 Å². The van der Waals surface area contributed by atoms with E-state index in [9.17, 15) is 12.8 Å². The van der Waals surface area contributed by atoms with Crippen molar-refractivity contribution in [3.8, 4) is 6.07 Å². The molecular weight excluding hydrogens is 255 g/mol. The minimum absolute atomic E-state index is 0.0614. The van der Waals surface area contributed by atoms with Gasteiger partial charge in [-0.25, -0.2) is 12.8 Å². The Morgan fingerprint density at radius 1 is 1.56 bits per heavy atom. The van der Waals surface area contributed by atoms with Crippen LogP contribution in [-0.2, 0) is 10.0 Å². The number of nitrogens with zero attached hydrogens (tertiary/aromatic N) is 1. The van der Waals surface area contributed by atoms with Crippen molar-refractivity contribution in [1.29, 1.82) is 5.26 Å². The molecule has 1 N–H and O–H groups in total. The molecule has 7 heteroatoms. The van der Waals surface area contributed by atoms with Crippen LogP contribution in [0, 0.1) is 17.1 Å². The zero-order valence-electron chi connectivity index (χ0n) is 8.24. The van der Waals surface area contributed by atoms with Crippen LogP contribution in [0.3, 0.4) is 0 Å². The predicted octanol–water partition coefficient (Wildman–Crippen LogP) is 2.13. The molecule has 0 aliphatic carbocycles. The number of sulfonamides is 1. The van der Waals surface area contributed by atoms with Crippen molar-refractivity contribution < 1.29 is 12.8 Å². The van der Waals surface area contributed by atoms with Gasteiger partial charge in [-0.3, -0.25) is 4.72 Å². The number of hydrogen-bond donors (Lipinski definition) is 1. The van der Waals surface area contributed by atoms with Crippen molar-refractivity contribution in [3.05, 3.63) is 29.0 Å². The monoisotopic (exact) mass is 262 g/mol. The van der Waals surface area contributed by atoms with Crippen LogP contribution in [0.5, 0.6) is 0 Å². The van der Waals surface area contributed by atoms with Gasteiger partial charge >= 0.3 is 0 Å². The number of nitriles is 1. The molecule has 0 saturated heterocycles. The molecule has 0 bridgehead atoms. The molecule has 0 aliphatic rings. The third kappa shape index (κ3) is 2.62. The summed E-state index contributed by atoms with van der Waals surface area (Å²) in [6.45, 7) is 1.19. The summed E-state index contributed by atoms with van der Waals surface area (Å²) in [7, 11) is -3.94. The molecular formula is C9H8ClFN2O2S. The first-order chi connectivity index (χ1) is 7.38. The molecule has 1 aromatic carbocycles. The average molecular weight is 263 g/mol. The molecule has 1 unspecified atom stereocenters. The number of halogens is 2. The Bertz CT molecular complexity index is 519. The highest BCUT2D eigenvalue weighted by atomic mass is 35.5. The van der Waals surface area contributed by atoms with Gasteiger partial charge in [-0.1, -0.05) is 17.7 Å². The molecule has 86 valence electrons. The molecule has 0 saturated carbocycles. The molecule has 0 aliphatic heterocycles. The van der Waals surface area contributed by atoms with E-state index in [0.717, 1.165) is 6.07 Å². The second-order valence-corrected chi connectivity index (χ2v) is 5.42. The second kappa shape index (κ2) is 4.68. The molecule has 1 aromatic rings. The summed E-state index contributed by atoms with van der Waals surface area (Å²) in [4.78, 5) is 0. The largest absolute Gasteiger partial charge is 0.278 e. The van der Waals surface area contributed by atoms with Gasteiger partial charge in [-0.2, -0.15) is 5.26 Å². The van der Waals surface area contributed by atoms with E-state index in [1.807, 2.05) is 4.72 Å². The maximum atomic E-state index is 13.3. The van der Waals surface area contributed by atoms with Crippen molar-refractivity contribution in [2.24, 2.45) is 0 Å². The summed E-state index contributed by atoms with van der Waals surface area (Å²) in [5, 5.41) is 7.14. The van der Waals surface area contributed by atoms with E-state index < -0.39 is 21.1 Å². The highest BCUT2D eigenvalue weighted by Crippen LogP contribution is 2.26. The highest BCUT2D eigenvalue weighted by Gasteiger charge is 2.22. The molecule has 1 rings (SSSR count). The molecule has 0 radical (unpaired) electrons. The molecule has 0 spiro atoms. The molecule has 0 fully saturated rings. The van der Waals surface area contributed by atoms with Crippen molar-refractivity contribution in [2.75, 3.05) is 4.72 Å². The molecule has 0 amide bonds. The summed E-state index contributed by atoms with van der Waals surface area (Å²) in [6.07, 6.45) is 0. The third-order valence-electron chi connectivity index (χ3n) is 1.85. The maximum absolute atomic E-state index is 13.3. The van der Waals surface area contributed by atoms with Gasteiger partial charge < -0.3 is 0 Å². The average Bonchev–Trinajstić information content (AvgIpc) is 2.22. The Kier molecular flexibility index (Phi) is 3.73. The topological polar surface area (TPSA) is 70.0 Å². The zero-order chi connectivity index (χ0) is 12.3. The highest BCUT2D eigenvalue weighted by molar-refractivity contribution is 7.93. The van der Waals surface area contributed by atoms with Crippen molar-refractivity contribution in [2.45, 2.75) is 12.2 Å². The van der Waals surface area contributed by atoms with Crippen LogP contribution in [0.2, 0.25) is 5.02 Å². The van der Waals surface area contributed by atoms with Gasteiger partial charge in [0.2, 0.25) is 10.0 Å². The first-order valence-electron chi connectivity index (χ1n) is 4.23. The first-order valence-corrected chi connectivity index (χ1v) is 6.16. The molecule has 1 atom stereocenters. The Morgan fingerprint density at radius 2 is 2.19 bits per heavy atom. The minimum atomic E-state index is -3.94. The number of anilines is 1. The van der Waals surface area contributed by atoms with Gasteiger partial charge in [0.15, 0.2) is 5.25 Å². The molecule has 4 nitrogen and oxygen atoms in total. The summed E-state index contributed by atoms with van der Waals surface area (Å²) in [5.74, 6) is -0.791. The SMILES string of the molecule is CC(C#N)S(=O)(=O)Nc1c(F)cccc1Cl. The van der Waals surface area contributed by atoms with Gasteiger partial charge in [0.1, 0.15) is 11.5 Å². The molecule has 0 heterocycles. The molecule has 0 aromatic heterocycles. The summed E-state index contributed by atoms with van der Waals surface area (Å²) in [6, 6.07) is 5.32. The number of nitrogens with one attached hydrogen (secondary N) is 1. The second-order valence-electron chi connectivity index (χ2n) is 3.02. The Morgan fingerprint density at radius 3 is 2.69 bits per heavy atom. The smallest absolute Gasteiger partial charge is 0.248 e. The van der Waals surface area contributed by atoms with Crippen LogP contribution in [0.4, 0.5) is 10.1 Å². The summed E-state index contributed by atoms with van der Waals surface area (Å²) < 4.78 is 38.2. The number of benzene rings is 1. The lowest BCUT2D eigenvalue weighted by Gasteiger charge is -2.11. The Hall–Kier alpha value is -1.32. The lowest BCUT2D eigenvalue weighted by Crippen LogP contribution is -2.24. The lowest BCUT2D eigenvalue weighted by molar-refractivity contribution is 0.594. The molecule has 16 heavy (non-hydrogen) atoms. The Balaban J connectivity index is 3.12. The van der Waals surface area contributed by atoms with E-state index in [4.69, 9.17) is 16.9 Å². The fraction of sp³-hybridized carbons (Fsp3) is 0.222. The number of hydrogen-bond acceptors (Lipinski definition) is 3. The van der Waals surface area contributed by atoms with Gasteiger partial charge in [0.25, 0.3) is 0 Å². The predicted molar refractivity (Wildman–Crippen MR) is 59.0 cm³/mol. The van der Waals surface area contributed by atoms with Crippen LogP contribution >= 0.6 is 11.6 Å². The summed E-state index contributed by atoms with van der Waals surface area (Å²) >= 11 is 5.63. The quantitative estimate of drug-likeness (QED) is 0.907. The van der Waals surface area contributed by atoms with Crippen LogP contribution in [0.15, 0.2) is 18.2 Å². The van der Waals surface area contributed by atoms with Gasteiger partial charge in [0.05, 0.1) is 11.1 Å². The van der Waals surface area contributed by atoms with Crippen molar-refractivity contribution in [3.63, 3.8) is 0 Å². The minimum Gasteiger partial charge on any atom is -0.278 e. The van der Waals surface area contributed by atoms with E-state index in [0.29, 0.717) is 0 Å². The van der Waals surface area contributed by atoms with Gasteiger partial charge in [-0.05, 0) is 19.1 Å². The van der Waals surface area contributed by atoms with Gasteiger partial charge in [0, 0.05) is 0 Å². The van der Waals surface area contributed by atoms with Crippen molar-refractivity contribution in [1.82, 2.24) is 0 Å². The number of para-hydroxylation sites is 1. The van der Waals surface area contributed by atoms with Crippen LogP contribution in [0.1, 0.15) is 6.92 Å². The van der Waals surface area contributed by atoms with E-state index in [1.54, 1.807) is 6.07 Å². The lowest BCUT2D eigenvalue weighted by atomic mass is 10.3. The number of rotatable bonds is 3. The first kappa shape index (κ1) is 12.7. The fourth-order valence-electron chi connectivity index (χ4n) is 0.895. The third-order valence-corrected chi connectivity index (χ3v) is 3.69. The van der Waals surface area contributed by atoms with E-state index in [2.05, 4.69) is 0 Å². The normalized spacial score (nSPS) is 12.9. The zero-order valence-corrected chi connectivity index (χ0v) is 9.81. The standard InChI is InChI=1S/C9H8ClFN2O2S/c1-6(5-12)16(14,15)13-9-7(10)3-2-4-8(9)11/h2-4,6,13H,1H3. The Labute approximate surface area is 97.7 Å². The van der Waals surface area contributed by atoms with Crippen LogP contribution in [0.25, 0.3) is 0 Å². The van der Waals surface area contributed by atoms with E-state index in [1.165, 1.54) is 19.1 Å².